The summed E-state index contributed by atoms with van der Waals surface area (Å²) in [6, 6.07) is 0. The van der Waals surface area contributed by atoms with Gasteiger partial charge in [0.15, 0.2) is 0 Å². The van der Waals surface area contributed by atoms with Crippen molar-refractivity contribution in [1.82, 2.24) is 19.6 Å². The third kappa shape index (κ3) is 18.5. The number of hydrogen-bond acceptors (Lipinski definition) is 5. The highest BCUT2D eigenvalue weighted by Crippen LogP contribution is 2.01. The van der Waals surface area contributed by atoms with Gasteiger partial charge in [-0.3, -0.25) is 0 Å². The average molecular weight is 462 g/mol. The molecule has 1 aliphatic rings. The maximum absolute atomic E-state index is 2.65. The van der Waals surface area contributed by atoms with Gasteiger partial charge < -0.3 is 19.6 Å². The van der Waals surface area contributed by atoms with Crippen LogP contribution < -0.4 is 0 Å². The summed E-state index contributed by atoms with van der Waals surface area (Å²) in [5.74, 6) is 1.25. The molecule has 0 unspecified atom stereocenters. The summed E-state index contributed by atoms with van der Waals surface area (Å²) in [5.41, 5.74) is 0. The highest BCUT2D eigenvalue weighted by atomic mass is 35.5. The fourth-order valence-electron chi connectivity index (χ4n) is 2.72. The highest BCUT2D eigenvalue weighted by Gasteiger charge is 2.09. The molecule has 4 nitrogen and oxygen atoms in total. The van der Waals surface area contributed by atoms with Crippen LogP contribution in [-0.4, -0.2) is 112 Å². The standard InChI is InChI=1S/C16H36N4S.4ClH/c1-17-7-5-8-19(3)13-14-20(15-16-21-4)10-6-9-18(2)12-11-17;;;;/h5-16H2,1-4H3;4*1H. The predicted molar refractivity (Wildman–Crippen MR) is 126 cm³/mol. The minimum Gasteiger partial charge on any atom is -0.305 e. The van der Waals surface area contributed by atoms with Crippen molar-refractivity contribution in [2.24, 2.45) is 0 Å². The van der Waals surface area contributed by atoms with Crippen molar-refractivity contribution in [3.8, 4) is 0 Å². The molecular weight excluding hydrogens is 422 g/mol. The average Bonchev–Trinajstić information content (AvgIpc) is 2.46. The first kappa shape index (κ1) is 33.9. The van der Waals surface area contributed by atoms with Gasteiger partial charge in [-0.15, -0.1) is 49.6 Å². The van der Waals surface area contributed by atoms with Crippen molar-refractivity contribution >= 4 is 61.4 Å². The van der Waals surface area contributed by atoms with Gasteiger partial charge in [0.2, 0.25) is 0 Å². The molecule has 1 rings (SSSR count). The molecule has 1 heterocycles. The van der Waals surface area contributed by atoms with Crippen molar-refractivity contribution in [3.63, 3.8) is 0 Å². The Kier molecular flexibility index (Phi) is 29.4. The monoisotopic (exact) mass is 460 g/mol. The van der Waals surface area contributed by atoms with E-state index < -0.39 is 0 Å². The molecule has 0 bridgehead atoms. The van der Waals surface area contributed by atoms with Crippen molar-refractivity contribution < 1.29 is 0 Å². The van der Waals surface area contributed by atoms with Crippen LogP contribution in [-0.2, 0) is 0 Å². The molecule has 25 heavy (non-hydrogen) atoms. The molecule has 0 aromatic carbocycles. The molecule has 9 heteroatoms. The number of nitrogens with zero attached hydrogens (tertiary/aromatic N) is 4. The van der Waals surface area contributed by atoms with E-state index in [1.165, 1.54) is 77.5 Å². The molecule has 158 valence electrons. The number of likely N-dealkylation sites (N-methyl/N-ethyl adjacent to an activating group) is 3. The Morgan fingerprint density at radius 2 is 1.00 bits per heavy atom. The van der Waals surface area contributed by atoms with E-state index >= 15 is 0 Å². The van der Waals surface area contributed by atoms with Gasteiger partial charge in [-0.2, -0.15) is 11.8 Å². The Morgan fingerprint density at radius 3 is 1.44 bits per heavy atom. The Hall–Kier alpha value is 1.35. The first-order valence-electron chi connectivity index (χ1n) is 8.38. The smallest absolute Gasteiger partial charge is 0.0110 e. The van der Waals surface area contributed by atoms with Crippen molar-refractivity contribution in [3.05, 3.63) is 0 Å². The second kappa shape index (κ2) is 21.6. The van der Waals surface area contributed by atoms with Gasteiger partial charge in [0.05, 0.1) is 0 Å². The maximum atomic E-state index is 2.65. The minimum atomic E-state index is 0. The topological polar surface area (TPSA) is 13.0 Å². The van der Waals surface area contributed by atoms with Crippen LogP contribution in [0.5, 0.6) is 0 Å². The second-order valence-corrected chi connectivity index (χ2v) is 7.44. The molecule has 0 atom stereocenters. The minimum absolute atomic E-state index is 0. The number of hydrogen-bond donors (Lipinski definition) is 0. The van der Waals surface area contributed by atoms with E-state index in [2.05, 4.69) is 47.0 Å². The van der Waals surface area contributed by atoms with Crippen LogP contribution in [0, 0.1) is 0 Å². The van der Waals surface area contributed by atoms with Crippen LogP contribution in [0.3, 0.4) is 0 Å². The Balaban J connectivity index is -0.000000551. The molecule has 0 aliphatic carbocycles. The lowest BCUT2D eigenvalue weighted by Crippen LogP contribution is -2.39. The van der Waals surface area contributed by atoms with Gasteiger partial charge in [0.1, 0.15) is 0 Å². The summed E-state index contributed by atoms with van der Waals surface area (Å²) in [6.45, 7) is 10.9. The van der Waals surface area contributed by atoms with E-state index in [-0.39, 0.29) is 49.6 Å². The highest BCUT2D eigenvalue weighted by molar-refractivity contribution is 7.98. The Morgan fingerprint density at radius 1 is 0.600 bits per heavy atom. The third-order valence-corrected chi connectivity index (χ3v) is 4.96. The van der Waals surface area contributed by atoms with Crippen molar-refractivity contribution in [1.29, 1.82) is 0 Å². The molecular formula is C16H40Cl4N4S. The van der Waals surface area contributed by atoms with E-state index in [1.54, 1.807) is 0 Å². The van der Waals surface area contributed by atoms with E-state index in [9.17, 15) is 0 Å². The van der Waals surface area contributed by atoms with Crippen LogP contribution in [0.1, 0.15) is 12.8 Å². The molecule has 1 aliphatic heterocycles. The molecule has 0 saturated carbocycles. The first-order chi connectivity index (χ1) is 10.1. The van der Waals surface area contributed by atoms with Gasteiger partial charge in [-0.25, -0.2) is 0 Å². The fraction of sp³-hybridized carbons (Fsp3) is 1.00. The summed E-state index contributed by atoms with van der Waals surface area (Å²) in [4.78, 5) is 10.1. The van der Waals surface area contributed by atoms with Gasteiger partial charge in [0.25, 0.3) is 0 Å². The summed E-state index contributed by atoms with van der Waals surface area (Å²) >= 11 is 1.96. The largest absolute Gasteiger partial charge is 0.305 e. The predicted octanol–water partition coefficient (Wildman–Crippen LogP) is 2.93. The zero-order valence-corrected chi connectivity index (χ0v) is 20.4. The quantitative estimate of drug-likeness (QED) is 0.638. The molecule has 1 fully saturated rings. The second-order valence-electron chi connectivity index (χ2n) is 6.45. The normalized spacial score (nSPS) is 20.2. The number of thioether (sulfide) groups is 1. The molecule has 0 aromatic rings. The van der Waals surface area contributed by atoms with E-state index in [0.717, 1.165) is 0 Å². The van der Waals surface area contributed by atoms with E-state index in [0.29, 0.717) is 0 Å². The Bertz CT molecular complexity index is 268. The van der Waals surface area contributed by atoms with Crippen molar-refractivity contribution in [2.75, 3.05) is 92.1 Å². The van der Waals surface area contributed by atoms with Gasteiger partial charge in [0, 0.05) is 38.5 Å². The molecule has 0 spiro atoms. The van der Waals surface area contributed by atoms with Crippen LogP contribution >= 0.6 is 61.4 Å². The number of rotatable bonds is 3. The molecule has 0 radical (unpaired) electrons. The maximum Gasteiger partial charge on any atom is 0.0110 e. The SMILES string of the molecule is CSCCN1CCCN(C)CCN(C)CCCN(C)CC1.Cl.Cl.Cl.Cl. The van der Waals surface area contributed by atoms with Crippen molar-refractivity contribution in [2.45, 2.75) is 12.8 Å². The lowest BCUT2D eigenvalue weighted by atomic mass is 10.3. The van der Waals surface area contributed by atoms with Crippen LogP contribution in [0.25, 0.3) is 0 Å². The Labute approximate surface area is 185 Å². The third-order valence-electron chi connectivity index (χ3n) is 4.37. The fourth-order valence-corrected chi connectivity index (χ4v) is 3.16. The summed E-state index contributed by atoms with van der Waals surface area (Å²) in [5, 5.41) is 0. The van der Waals surface area contributed by atoms with Gasteiger partial charge in [-0.1, -0.05) is 0 Å². The first-order valence-corrected chi connectivity index (χ1v) is 9.78. The van der Waals surface area contributed by atoms with Crippen LogP contribution in [0.4, 0.5) is 0 Å². The van der Waals surface area contributed by atoms with Crippen LogP contribution in [0.15, 0.2) is 0 Å². The zero-order chi connectivity index (χ0) is 15.5. The zero-order valence-electron chi connectivity index (χ0n) is 16.3. The lowest BCUT2D eigenvalue weighted by molar-refractivity contribution is 0.195. The lowest BCUT2D eigenvalue weighted by Gasteiger charge is -2.28. The summed E-state index contributed by atoms with van der Waals surface area (Å²) in [7, 11) is 6.79. The molecule has 0 amide bonds. The van der Waals surface area contributed by atoms with Crippen LogP contribution in [0.2, 0.25) is 0 Å². The summed E-state index contributed by atoms with van der Waals surface area (Å²) in [6.07, 6.45) is 4.78. The number of halogens is 4. The van der Waals surface area contributed by atoms with Gasteiger partial charge >= 0.3 is 0 Å². The molecule has 0 aromatic heterocycles. The molecule has 0 N–H and O–H groups in total. The molecule has 1 saturated heterocycles. The van der Waals surface area contributed by atoms with E-state index in [4.69, 9.17) is 0 Å². The summed E-state index contributed by atoms with van der Waals surface area (Å²) < 4.78 is 0. The van der Waals surface area contributed by atoms with Gasteiger partial charge in [-0.05, 0) is 66.4 Å². The van der Waals surface area contributed by atoms with E-state index in [1.807, 2.05) is 11.8 Å².